The molecule has 1 N–H and O–H groups in total. The van der Waals surface area contributed by atoms with Crippen LogP contribution in [-0.2, 0) is 10.0 Å². The maximum atomic E-state index is 12.4. The van der Waals surface area contributed by atoms with Gasteiger partial charge in [0.15, 0.2) is 0 Å². The van der Waals surface area contributed by atoms with Gasteiger partial charge in [0, 0.05) is 19.1 Å². The molecule has 0 aromatic heterocycles. The van der Waals surface area contributed by atoms with Crippen LogP contribution < -0.4 is 5.32 Å². The van der Waals surface area contributed by atoms with Gasteiger partial charge in [0.2, 0.25) is 10.0 Å². The second-order valence-electron chi connectivity index (χ2n) is 6.66. The monoisotopic (exact) mass is 286 g/mol. The molecule has 19 heavy (non-hydrogen) atoms. The molecule has 0 aromatic rings. The third-order valence-electron chi connectivity index (χ3n) is 4.10. The molecule has 1 saturated heterocycles. The highest BCUT2D eigenvalue weighted by atomic mass is 32.2. The molecule has 4 nitrogen and oxygen atoms in total. The first-order chi connectivity index (χ1) is 8.79. The highest BCUT2D eigenvalue weighted by Crippen LogP contribution is 2.30. The van der Waals surface area contributed by atoms with Crippen LogP contribution >= 0.6 is 0 Å². The standard InChI is InChI=1S/C14H26N2O2S/c1-14(2,3)12-6-9-16(10-7-12)19(17,18)11-13-5-4-8-15-13/h6,13,15H,4-5,7-11H2,1-3H3. The lowest BCUT2D eigenvalue weighted by molar-refractivity contribution is 0.387. The fourth-order valence-corrected chi connectivity index (χ4v) is 4.52. The Morgan fingerprint density at radius 2 is 2.16 bits per heavy atom. The van der Waals surface area contributed by atoms with Crippen LogP contribution in [-0.4, -0.2) is 44.2 Å². The average Bonchev–Trinajstić information content (AvgIpc) is 2.80. The Morgan fingerprint density at radius 3 is 2.63 bits per heavy atom. The van der Waals surface area contributed by atoms with E-state index in [1.165, 1.54) is 5.57 Å². The highest BCUT2D eigenvalue weighted by Gasteiger charge is 2.30. The van der Waals surface area contributed by atoms with Crippen molar-refractivity contribution in [2.75, 3.05) is 25.4 Å². The Kier molecular flexibility index (Phi) is 4.38. The minimum Gasteiger partial charge on any atom is -0.313 e. The molecule has 110 valence electrons. The zero-order valence-corrected chi connectivity index (χ0v) is 13.1. The summed E-state index contributed by atoms with van der Waals surface area (Å²) in [5.41, 5.74) is 1.53. The predicted molar refractivity (Wildman–Crippen MR) is 78.5 cm³/mol. The zero-order valence-electron chi connectivity index (χ0n) is 12.3. The van der Waals surface area contributed by atoms with E-state index in [9.17, 15) is 8.42 Å². The summed E-state index contributed by atoms with van der Waals surface area (Å²) in [5, 5.41) is 3.26. The molecule has 2 rings (SSSR count). The molecule has 1 fully saturated rings. The molecule has 2 heterocycles. The van der Waals surface area contributed by atoms with Gasteiger partial charge in [0.25, 0.3) is 0 Å². The van der Waals surface area contributed by atoms with E-state index in [0.29, 0.717) is 13.1 Å². The first-order valence-electron chi connectivity index (χ1n) is 7.20. The minimum atomic E-state index is -3.11. The minimum absolute atomic E-state index is 0.151. The number of rotatable bonds is 3. The fourth-order valence-electron chi connectivity index (χ4n) is 2.84. The van der Waals surface area contributed by atoms with Gasteiger partial charge in [-0.15, -0.1) is 0 Å². The third-order valence-corrected chi connectivity index (χ3v) is 6.04. The van der Waals surface area contributed by atoms with Crippen LogP contribution in [0.5, 0.6) is 0 Å². The normalized spacial score (nSPS) is 26.5. The van der Waals surface area contributed by atoms with Crippen LogP contribution in [0.1, 0.15) is 40.0 Å². The lowest BCUT2D eigenvalue weighted by Gasteiger charge is -2.32. The van der Waals surface area contributed by atoms with E-state index in [4.69, 9.17) is 0 Å². The van der Waals surface area contributed by atoms with Crippen LogP contribution in [0.4, 0.5) is 0 Å². The van der Waals surface area contributed by atoms with Crippen molar-refractivity contribution in [3.05, 3.63) is 11.6 Å². The maximum Gasteiger partial charge on any atom is 0.215 e. The molecule has 2 aliphatic rings. The van der Waals surface area contributed by atoms with E-state index in [-0.39, 0.29) is 17.2 Å². The Bertz CT molecular complexity index is 443. The quantitative estimate of drug-likeness (QED) is 0.804. The van der Waals surface area contributed by atoms with Gasteiger partial charge >= 0.3 is 0 Å². The molecule has 0 saturated carbocycles. The van der Waals surface area contributed by atoms with Crippen molar-refractivity contribution in [3.8, 4) is 0 Å². The first-order valence-corrected chi connectivity index (χ1v) is 8.81. The highest BCUT2D eigenvalue weighted by molar-refractivity contribution is 7.89. The van der Waals surface area contributed by atoms with Gasteiger partial charge in [0.05, 0.1) is 5.75 Å². The fraction of sp³-hybridized carbons (Fsp3) is 0.857. The van der Waals surface area contributed by atoms with Crippen molar-refractivity contribution >= 4 is 10.0 Å². The Hall–Kier alpha value is -0.390. The summed E-state index contributed by atoms with van der Waals surface area (Å²) in [4.78, 5) is 0. The molecule has 0 spiro atoms. The van der Waals surface area contributed by atoms with Crippen molar-refractivity contribution < 1.29 is 8.42 Å². The van der Waals surface area contributed by atoms with Gasteiger partial charge in [-0.2, -0.15) is 4.31 Å². The lowest BCUT2D eigenvalue weighted by Crippen LogP contribution is -2.42. The molecular weight excluding hydrogens is 260 g/mol. The molecular formula is C14H26N2O2S. The zero-order chi connectivity index (χ0) is 14.1. The Morgan fingerprint density at radius 1 is 1.42 bits per heavy atom. The number of sulfonamides is 1. The van der Waals surface area contributed by atoms with Crippen LogP contribution in [0.25, 0.3) is 0 Å². The van der Waals surface area contributed by atoms with Crippen LogP contribution in [0.3, 0.4) is 0 Å². The molecule has 1 unspecified atom stereocenters. The van der Waals surface area contributed by atoms with Crippen LogP contribution in [0.2, 0.25) is 0 Å². The van der Waals surface area contributed by atoms with Crippen molar-refractivity contribution in [3.63, 3.8) is 0 Å². The summed E-state index contributed by atoms with van der Waals surface area (Å²) in [6, 6.07) is 0.151. The van der Waals surface area contributed by atoms with E-state index in [1.54, 1.807) is 4.31 Å². The van der Waals surface area contributed by atoms with Crippen molar-refractivity contribution in [1.82, 2.24) is 9.62 Å². The van der Waals surface area contributed by atoms with Gasteiger partial charge in [-0.1, -0.05) is 32.4 Å². The van der Waals surface area contributed by atoms with Crippen LogP contribution in [0, 0.1) is 5.41 Å². The SMILES string of the molecule is CC(C)(C)C1=CCN(S(=O)(=O)CC2CCCN2)CC1. The Labute approximate surface area is 117 Å². The lowest BCUT2D eigenvalue weighted by atomic mass is 9.83. The summed E-state index contributed by atoms with van der Waals surface area (Å²) < 4.78 is 26.4. The smallest absolute Gasteiger partial charge is 0.215 e. The second-order valence-corrected chi connectivity index (χ2v) is 8.67. The number of nitrogens with one attached hydrogen (secondary N) is 1. The second kappa shape index (κ2) is 5.54. The predicted octanol–water partition coefficient (Wildman–Crippen LogP) is 1.75. The molecule has 1 atom stereocenters. The van der Waals surface area contributed by atoms with Gasteiger partial charge < -0.3 is 5.32 Å². The summed E-state index contributed by atoms with van der Waals surface area (Å²) in [5.74, 6) is 0.256. The topological polar surface area (TPSA) is 49.4 Å². The summed E-state index contributed by atoms with van der Waals surface area (Å²) in [7, 11) is -3.11. The molecule has 2 aliphatic heterocycles. The van der Waals surface area contributed by atoms with Crippen molar-refractivity contribution in [2.24, 2.45) is 5.41 Å². The van der Waals surface area contributed by atoms with Gasteiger partial charge in [-0.25, -0.2) is 8.42 Å². The van der Waals surface area contributed by atoms with E-state index in [0.717, 1.165) is 25.8 Å². The summed E-state index contributed by atoms with van der Waals surface area (Å²) in [6.07, 6.45) is 5.04. The van der Waals surface area contributed by atoms with Crippen molar-refractivity contribution in [2.45, 2.75) is 46.1 Å². The Balaban J connectivity index is 1.98. The van der Waals surface area contributed by atoms with E-state index in [2.05, 4.69) is 32.2 Å². The van der Waals surface area contributed by atoms with Crippen LogP contribution in [0.15, 0.2) is 11.6 Å². The molecule has 0 aliphatic carbocycles. The summed E-state index contributed by atoms with van der Waals surface area (Å²) >= 11 is 0. The molecule has 0 radical (unpaired) electrons. The van der Waals surface area contributed by atoms with E-state index in [1.807, 2.05) is 0 Å². The number of nitrogens with zero attached hydrogens (tertiary/aromatic N) is 1. The van der Waals surface area contributed by atoms with Gasteiger partial charge in [0.1, 0.15) is 0 Å². The molecule has 0 bridgehead atoms. The number of hydrogen-bond acceptors (Lipinski definition) is 3. The largest absolute Gasteiger partial charge is 0.313 e. The first kappa shape index (κ1) is 15.0. The van der Waals surface area contributed by atoms with E-state index < -0.39 is 10.0 Å². The van der Waals surface area contributed by atoms with Crippen molar-refractivity contribution in [1.29, 1.82) is 0 Å². The summed E-state index contributed by atoms with van der Waals surface area (Å²) in [6.45, 7) is 8.69. The molecule has 0 aromatic carbocycles. The van der Waals surface area contributed by atoms with Gasteiger partial charge in [-0.3, -0.25) is 0 Å². The van der Waals surface area contributed by atoms with E-state index >= 15 is 0 Å². The van der Waals surface area contributed by atoms with Gasteiger partial charge in [-0.05, 0) is 31.2 Å². The average molecular weight is 286 g/mol. The maximum absolute atomic E-state index is 12.4. The molecule has 5 heteroatoms. The number of hydrogen-bond donors (Lipinski definition) is 1. The molecule has 0 amide bonds. The third kappa shape index (κ3) is 3.80.